The molecule has 6 aromatic rings. The van der Waals surface area contributed by atoms with Crippen LogP contribution in [-0.4, -0.2) is 0 Å². The molecule has 0 amide bonds. The monoisotopic (exact) mass is 720 g/mol. The Morgan fingerprint density at radius 2 is 0.667 bits per heavy atom. The van der Waals surface area contributed by atoms with E-state index in [2.05, 4.69) is 182 Å². The van der Waals surface area contributed by atoms with Gasteiger partial charge in [-0.15, -0.1) is 82.0 Å². The van der Waals surface area contributed by atoms with E-state index in [1.807, 2.05) is 0 Å². The standard InChI is InChI=1S/2C22H17.Gd/c2*1-3-9-17(10-4-1)15-22-20-14-8-7-13-19(20)16-21(22)18-11-5-2-6-12-18;/h2*1-14,22H,15H2;/q2*-1;+2. The zero-order chi connectivity index (χ0) is 29.6. The van der Waals surface area contributed by atoms with E-state index < -0.39 is 0 Å². The van der Waals surface area contributed by atoms with Crippen LogP contribution >= 0.6 is 0 Å². The van der Waals surface area contributed by atoms with Gasteiger partial charge in [0.25, 0.3) is 0 Å². The molecule has 0 radical (unpaired) electrons. The molecular formula is C44H34Gd. The van der Waals surface area contributed by atoms with Gasteiger partial charge >= 0.3 is 39.9 Å². The molecule has 6 aromatic carbocycles. The van der Waals surface area contributed by atoms with Crippen molar-refractivity contribution in [2.45, 2.75) is 24.7 Å². The number of fused-ring (bicyclic) bond motifs is 2. The van der Waals surface area contributed by atoms with Crippen molar-refractivity contribution in [1.29, 1.82) is 0 Å². The molecule has 0 N–H and O–H groups in total. The minimum absolute atomic E-state index is 0. The maximum Gasteiger partial charge on any atom is 2.00 e. The molecule has 2 unspecified atom stereocenters. The van der Waals surface area contributed by atoms with Gasteiger partial charge in [0.2, 0.25) is 0 Å². The van der Waals surface area contributed by atoms with Crippen LogP contribution in [0.5, 0.6) is 0 Å². The van der Waals surface area contributed by atoms with Gasteiger partial charge in [0.05, 0.1) is 0 Å². The van der Waals surface area contributed by atoms with Crippen LogP contribution in [0.3, 0.4) is 0 Å². The fraction of sp³-hybridized carbons (Fsp3) is 0.0909. The molecule has 2 aliphatic carbocycles. The quantitative estimate of drug-likeness (QED) is 0.150. The van der Waals surface area contributed by atoms with Crippen LogP contribution in [0.1, 0.15) is 56.3 Å². The van der Waals surface area contributed by atoms with Crippen molar-refractivity contribution in [3.05, 3.63) is 227 Å². The summed E-state index contributed by atoms with van der Waals surface area (Å²) in [5.74, 6) is 0.780. The summed E-state index contributed by atoms with van der Waals surface area (Å²) in [6.45, 7) is 0. The van der Waals surface area contributed by atoms with Crippen molar-refractivity contribution >= 4 is 11.1 Å². The van der Waals surface area contributed by atoms with Gasteiger partial charge in [-0.1, -0.05) is 145 Å². The first-order valence-electron chi connectivity index (χ1n) is 15.5. The molecule has 2 aliphatic rings. The van der Waals surface area contributed by atoms with Crippen LogP contribution in [0.4, 0.5) is 0 Å². The van der Waals surface area contributed by atoms with Crippen LogP contribution in [0, 0.1) is 52.1 Å². The molecule has 0 saturated carbocycles. The summed E-state index contributed by atoms with van der Waals surface area (Å²) in [5.41, 5.74) is 13.2. The van der Waals surface area contributed by atoms with E-state index >= 15 is 0 Å². The molecule has 0 aromatic heterocycles. The Labute approximate surface area is 299 Å². The zero-order valence-electron chi connectivity index (χ0n) is 25.1. The van der Waals surface area contributed by atoms with Crippen molar-refractivity contribution in [3.63, 3.8) is 0 Å². The first kappa shape index (κ1) is 31.1. The second-order valence-electron chi connectivity index (χ2n) is 11.5. The molecule has 0 saturated heterocycles. The van der Waals surface area contributed by atoms with Crippen molar-refractivity contribution in [2.75, 3.05) is 0 Å². The molecule has 0 heterocycles. The Bertz CT molecular complexity index is 1740. The Morgan fingerprint density at radius 1 is 0.356 bits per heavy atom. The number of allylic oxidation sites excluding steroid dienone is 2. The normalized spacial score (nSPS) is 15.8. The topological polar surface area (TPSA) is 0 Å². The zero-order valence-corrected chi connectivity index (χ0v) is 27.4. The van der Waals surface area contributed by atoms with Crippen molar-refractivity contribution in [2.24, 2.45) is 0 Å². The van der Waals surface area contributed by atoms with E-state index in [0.29, 0.717) is 11.8 Å². The summed E-state index contributed by atoms with van der Waals surface area (Å²) < 4.78 is 0. The minimum Gasteiger partial charge on any atom is -0.146 e. The van der Waals surface area contributed by atoms with Crippen LogP contribution in [0.15, 0.2) is 170 Å². The maximum absolute atomic E-state index is 3.64. The number of rotatable bonds is 6. The van der Waals surface area contributed by atoms with E-state index in [1.165, 1.54) is 55.7 Å². The van der Waals surface area contributed by atoms with Gasteiger partial charge in [-0.2, -0.15) is 0 Å². The summed E-state index contributed by atoms with van der Waals surface area (Å²) in [6.07, 6.45) is 9.32. The molecule has 2 atom stereocenters. The number of benzene rings is 6. The van der Waals surface area contributed by atoms with E-state index in [1.54, 1.807) is 0 Å². The first-order valence-corrected chi connectivity index (χ1v) is 15.5. The largest absolute Gasteiger partial charge is 2.00 e. The smallest absolute Gasteiger partial charge is 0.146 e. The van der Waals surface area contributed by atoms with Crippen LogP contribution < -0.4 is 0 Å². The van der Waals surface area contributed by atoms with Crippen LogP contribution in [0.2, 0.25) is 0 Å². The third-order valence-electron chi connectivity index (χ3n) is 8.64. The minimum atomic E-state index is 0. The van der Waals surface area contributed by atoms with E-state index in [0.717, 1.165) is 12.8 Å². The molecule has 0 fully saturated rings. The predicted octanol–water partition coefficient (Wildman–Crippen LogP) is 10.5. The maximum atomic E-state index is 3.64. The first-order chi connectivity index (χ1) is 21.8. The third kappa shape index (κ3) is 7.18. The molecule has 8 rings (SSSR count). The van der Waals surface area contributed by atoms with Gasteiger partial charge in [-0.3, -0.25) is 0 Å². The molecule has 0 bridgehead atoms. The molecule has 0 aliphatic heterocycles. The number of hydrogen-bond donors (Lipinski definition) is 0. The molecule has 0 spiro atoms. The van der Waals surface area contributed by atoms with Gasteiger partial charge in [-0.25, -0.2) is 0 Å². The van der Waals surface area contributed by atoms with Gasteiger partial charge in [0.15, 0.2) is 0 Å². The molecule has 1 heteroatoms. The molecular weight excluding hydrogens is 686 g/mol. The van der Waals surface area contributed by atoms with Crippen molar-refractivity contribution < 1.29 is 39.9 Å². The van der Waals surface area contributed by atoms with Gasteiger partial charge < -0.3 is 0 Å². The number of hydrogen-bond acceptors (Lipinski definition) is 0. The van der Waals surface area contributed by atoms with E-state index in [-0.39, 0.29) is 39.9 Å². The van der Waals surface area contributed by atoms with Gasteiger partial charge in [0.1, 0.15) is 0 Å². The van der Waals surface area contributed by atoms with E-state index in [4.69, 9.17) is 0 Å². The van der Waals surface area contributed by atoms with Crippen LogP contribution in [0.25, 0.3) is 11.1 Å². The fourth-order valence-corrected chi connectivity index (χ4v) is 6.51. The van der Waals surface area contributed by atoms with Crippen molar-refractivity contribution in [1.82, 2.24) is 0 Å². The Hall–Kier alpha value is -3.88. The second-order valence-corrected chi connectivity index (χ2v) is 11.5. The summed E-state index contributed by atoms with van der Waals surface area (Å²) in [7, 11) is 0. The fourth-order valence-electron chi connectivity index (χ4n) is 6.51. The predicted molar refractivity (Wildman–Crippen MR) is 183 cm³/mol. The summed E-state index contributed by atoms with van der Waals surface area (Å²) in [5, 5.41) is 0. The summed E-state index contributed by atoms with van der Waals surface area (Å²) in [4.78, 5) is 0. The Balaban J connectivity index is 0.000000155. The Morgan fingerprint density at radius 3 is 1.04 bits per heavy atom. The molecule has 45 heavy (non-hydrogen) atoms. The second kappa shape index (κ2) is 14.9. The Kier molecular flexibility index (Phi) is 10.3. The van der Waals surface area contributed by atoms with E-state index in [9.17, 15) is 0 Å². The molecule has 218 valence electrons. The summed E-state index contributed by atoms with van der Waals surface area (Å²) in [6, 6.07) is 60.0. The average Bonchev–Trinajstić information content (AvgIpc) is 3.65. The van der Waals surface area contributed by atoms with Gasteiger partial charge in [-0.05, 0) is 35.8 Å². The average molecular weight is 720 g/mol. The summed E-state index contributed by atoms with van der Waals surface area (Å²) >= 11 is 0. The third-order valence-corrected chi connectivity index (χ3v) is 8.64. The van der Waals surface area contributed by atoms with Crippen molar-refractivity contribution in [3.8, 4) is 0 Å². The molecule has 0 nitrogen and oxygen atoms in total. The van der Waals surface area contributed by atoms with Gasteiger partial charge in [0, 0.05) is 0 Å². The van der Waals surface area contributed by atoms with Crippen LogP contribution in [-0.2, 0) is 12.8 Å². The SMILES string of the molecule is [C-]1=C(c2ccccc2)C(Cc2ccccc2)c2ccccc21.[C-]1=C(c2ccccc2)C(Cc2ccccc2)c2ccccc21.[Gd+2].